The van der Waals surface area contributed by atoms with Gasteiger partial charge in [0.1, 0.15) is 0 Å². The van der Waals surface area contributed by atoms with Gasteiger partial charge in [0.05, 0.1) is 11.0 Å². The third-order valence-corrected chi connectivity index (χ3v) is 11.5. The van der Waals surface area contributed by atoms with E-state index in [0.717, 1.165) is 6.42 Å². The first-order chi connectivity index (χ1) is 25.2. The van der Waals surface area contributed by atoms with Gasteiger partial charge in [0, 0.05) is 16.9 Å². The molecule has 3 aliphatic carbocycles. The van der Waals surface area contributed by atoms with Gasteiger partial charge in [-0.1, -0.05) is 176 Å². The zero-order chi connectivity index (χ0) is 34.0. The van der Waals surface area contributed by atoms with Crippen LogP contribution >= 0.6 is 0 Å². The van der Waals surface area contributed by atoms with E-state index < -0.39 is 0 Å². The van der Waals surface area contributed by atoms with E-state index >= 15 is 0 Å². The van der Waals surface area contributed by atoms with E-state index in [1.165, 1.54) is 78.2 Å². The molecule has 0 aromatic heterocycles. The summed E-state index contributed by atoms with van der Waals surface area (Å²) in [5, 5.41) is 0. The van der Waals surface area contributed by atoms with E-state index in [4.69, 9.17) is 0 Å². The molecule has 0 amide bonds. The molecule has 1 atom stereocenters. The summed E-state index contributed by atoms with van der Waals surface area (Å²) in [5.74, 6) is 0. The number of nitrogens with zero attached hydrogens (tertiary/aromatic N) is 1. The van der Waals surface area contributed by atoms with Crippen molar-refractivity contribution in [3.8, 4) is 33.4 Å². The number of hydrogen-bond acceptors (Lipinski definition) is 1. The third-order valence-electron chi connectivity index (χ3n) is 11.5. The average molecular weight is 652 g/mol. The minimum atomic E-state index is -0.389. The summed E-state index contributed by atoms with van der Waals surface area (Å²) in [6, 6.07) is 67.0. The molecule has 242 valence electrons. The highest BCUT2D eigenvalue weighted by Crippen LogP contribution is 2.64. The lowest BCUT2D eigenvalue weighted by molar-refractivity contribution is 0.528. The summed E-state index contributed by atoms with van der Waals surface area (Å²) in [6.07, 6.45) is 5.77. The standard InChI is InChI=1S/C50H37N/c1-49(51(38-30-28-36(29-31-38)35-16-4-2-5-17-35)48-27-15-11-20-39(48)37-18-6-3-7-19-37)33-32-43-42-23-10-14-26-46(42)50(47(43)34-49)44-24-12-8-21-40(44)41-22-9-13-25-45(41)50/h2-33H,34H2,1H3. The first-order valence-electron chi connectivity index (χ1n) is 18.0. The van der Waals surface area contributed by atoms with E-state index in [0.29, 0.717) is 0 Å². The van der Waals surface area contributed by atoms with Gasteiger partial charge in [0.15, 0.2) is 0 Å². The van der Waals surface area contributed by atoms with Gasteiger partial charge >= 0.3 is 0 Å². The Kier molecular flexibility index (Phi) is 6.66. The Morgan fingerprint density at radius 3 is 1.53 bits per heavy atom. The molecule has 1 nitrogen and oxygen atoms in total. The predicted molar refractivity (Wildman–Crippen MR) is 213 cm³/mol. The molecule has 7 aromatic rings. The van der Waals surface area contributed by atoms with Crippen LogP contribution in [0.3, 0.4) is 0 Å². The van der Waals surface area contributed by atoms with E-state index in [2.05, 4.69) is 206 Å². The normalized spacial score (nSPS) is 17.5. The number of benzene rings is 7. The summed E-state index contributed by atoms with van der Waals surface area (Å²) >= 11 is 0. The molecule has 1 spiro atoms. The highest BCUT2D eigenvalue weighted by Gasteiger charge is 2.55. The molecule has 0 N–H and O–H groups in total. The van der Waals surface area contributed by atoms with E-state index in [1.807, 2.05) is 0 Å². The molecule has 0 saturated heterocycles. The van der Waals surface area contributed by atoms with Gasteiger partial charge in [-0.15, -0.1) is 0 Å². The maximum Gasteiger partial charge on any atom is 0.0689 e. The fourth-order valence-electron chi connectivity index (χ4n) is 9.35. The second-order valence-corrected chi connectivity index (χ2v) is 14.3. The van der Waals surface area contributed by atoms with Crippen LogP contribution < -0.4 is 4.90 Å². The average Bonchev–Trinajstić information content (AvgIpc) is 3.66. The van der Waals surface area contributed by atoms with Crippen molar-refractivity contribution in [2.75, 3.05) is 4.90 Å². The van der Waals surface area contributed by atoms with Crippen LogP contribution in [0, 0.1) is 0 Å². The van der Waals surface area contributed by atoms with Gasteiger partial charge in [-0.2, -0.15) is 0 Å². The first kappa shape index (κ1) is 29.7. The lowest BCUT2D eigenvalue weighted by Crippen LogP contribution is -2.45. The smallest absolute Gasteiger partial charge is 0.0689 e. The highest BCUT2D eigenvalue weighted by molar-refractivity contribution is 5.98. The molecule has 1 unspecified atom stereocenters. The number of fused-ring (bicyclic) bond motifs is 9. The molecule has 0 bridgehead atoms. The fraction of sp³-hybridized carbons (Fsp3) is 0.0800. The molecule has 3 aliphatic rings. The zero-order valence-electron chi connectivity index (χ0n) is 28.6. The number of para-hydroxylation sites is 1. The number of hydrogen-bond donors (Lipinski definition) is 0. The second-order valence-electron chi connectivity index (χ2n) is 14.3. The maximum atomic E-state index is 2.60. The largest absolute Gasteiger partial charge is 0.331 e. The molecule has 10 rings (SSSR count). The summed E-state index contributed by atoms with van der Waals surface area (Å²) < 4.78 is 0. The Balaban J connectivity index is 1.19. The van der Waals surface area contributed by atoms with Crippen molar-refractivity contribution in [2.24, 2.45) is 0 Å². The molecule has 0 fully saturated rings. The van der Waals surface area contributed by atoms with Crippen LogP contribution in [0.5, 0.6) is 0 Å². The Labute approximate surface area is 300 Å². The highest BCUT2D eigenvalue weighted by atomic mass is 15.2. The van der Waals surface area contributed by atoms with Crippen molar-refractivity contribution < 1.29 is 0 Å². The minimum absolute atomic E-state index is 0.354. The topological polar surface area (TPSA) is 3.24 Å². The summed E-state index contributed by atoms with van der Waals surface area (Å²) in [5.41, 5.74) is 17.6. The number of anilines is 2. The Morgan fingerprint density at radius 2 is 0.902 bits per heavy atom. The molecular formula is C50H37N. The van der Waals surface area contributed by atoms with Gasteiger partial charge in [0.2, 0.25) is 0 Å². The molecular weight excluding hydrogens is 615 g/mol. The van der Waals surface area contributed by atoms with Crippen LogP contribution in [0.4, 0.5) is 11.4 Å². The van der Waals surface area contributed by atoms with Crippen LogP contribution in [0.2, 0.25) is 0 Å². The Hall–Kier alpha value is -6.18. The van der Waals surface area contributed by atoms with Crippen molar-refractivity contribution in [2.45, 2.75) is 24.3 Å². The predicted octanol–water partition coefficient (Wildman–Crippen LogP) is 12.7. The van der Waals surface area contributed by atoms with Crippen LogP contribution in [0.15, 0.2) is 200 Å². The molecule has 1 heteroatoms. The Morgan fingerprint density at radius 1 is 0.431 bits per heavy atom. The SMILES string of the molecule is CC1(N(c2ccc(-c3ccccc3)cc2)c2ccccc2-c2ccccc2)C=CC2=C(C1)C1(c3ccccc32)c2ccccc2-c2ccccc21. The van der Waals surface area contributed by atoms with E-state index in [-0.39, 0.29) is 11.0 Å². The van der Waals surface area contributed by atoms with Gasteiger partial charge in [-0.05, 0) is 92.8 Å². The van der Waals surface area contributed by atoms with Gasteiger partial charge in [0.25, 0.3) is 0 Å². The van der Waals surface area contributed by atoms with Crippen molar-refractivity contribution in [1.82, 2.24) is 0 Å². The first-order valence-corrected chi connectivity index (χ1v) is 18.0. The summed E-state index contributed by atoms with van der Waals surface area (Å²) in [4.78, 5) is 2.60. The molecule has 0 saturated carbocycles. The van der Waals surface area contributed by atoms with Gasteiger partial charge < -0.3 is 4.90 Å². The lowest BCUT2D eigenvalue weighted by Gasteiger charge is -2.46. The third kappa shape index (κ3) is 4.34. The maximum absolute atomic E-state index is 2.60. The van der Waals surface area contributed by atoms with Gasteiger partial charge in [-0.3, -0.25) is 0 Å². The fourth-order valence-corrected chi connectivity index (χ4v) is 9.35. The second kappa shape index (κ2) is 11.4. The lowest BCUT2D eigenvalue weighted by atomic mass is 9.66. The van der Waals surface area contributed by atoms with Crippen LogP contribution in [0.25, 0.3) is 39.0 Å². The molecule has 0 heterocycles. The van der Waals surface area contributed by atoms with E-state index in [9.17, 15) is 0 Å². The molecule has 51 heavy (non-hydrogen) atoms. The molecule has 7 aromatic carbocycles. The van der Waals surface area contributed by atoms with Crippen molar-refractivity contribution in [3.05, 3.63) is 222 Å². The van der Waals surface area contributed by atoms with Crippen LogP contribution in [0.1, 0.15) is 35.6 Å². The Bertz CT molecular complexity index is 2460. The molecule has 0 radical (unpaired) electrons. The van der Waals surface area contributed by atoms with Crippen LogP contribution in [-0.2, 0) is 5.41 Å². The minimum Gasteiger partial charge on any atom is -0.331 e. The number of allylic oxidation sites excluding steroid dienone is 2. The van der Waals surface area contributed by atoms with Crippen molar-refractivity contribution in [3.63, 3.8) is 0 Å². The van der Waals surface area contributed by atoms with E-state index in [1.54, 1.807) is 0 Å². The van der Waals surface area contributed by atoms with Gasteiger partial charge in [-0.25, -0.2) is 0 Å². The monoisotopic (exact) mass is 651 g/mol. The zero-order valence-corrected chi connectivity index (χ0v) is 28.6. The summed E-state index contributed by atoms with van der Waals surface area (Å²) in [7, 11) is 0. The number of rotatable bonds is 5. The quantitative estimate of drug-likeness (QED) is 0.179. The molecule has 0 aliphatic heterocycles. The summed E-state index contributed by atoms with van der Waals surface area (Å²) in [6.45, 7) is 2.43. The van der Waals surface area contributed by atoms with Crippen molar-refractivity contribution in [1.29, 1.82) is 0 Å². The van der Waals surface area contributed by atoms with Crippen LogP contribution in [-0.4, -0.2) is 5.54 Å². The van der Waals surface area contributed by atoms with Crippen molar-refractivity contribution >= 4 is 16.9 Å².